The number of Topliss-reactive ketones (excluding diaryl/α,β-unsaturated/α-hetero) is 1. The smallest absolute Gasteiger partial charge is 0.310 e. The van der Waals surface area contributed by atoms with Crippen molar-refractivity contribution in [3.8, 4) is 5.75 Å². The third-order valence-corrected chi connectivity index (χ3v) is 6.85. The van der Waals surface area contributed by atoms with Crippen molar-refractivity contribution in [2.75, 3.05) is 18.1 Å². The first-order valence-electron chi connectivity index (χ1n) is 12.8. The van der Waals surface area contributed by atoms with E-state index in [4.69, 9.17) is 9.47 Å². The van der Waals surface area contributed by atoms with Crippen molar-refractivity contribution in [1.29, 1.82) is 0 Å². The van der Waals surface area contributed by atoms with Gasteiger partial charge in [-0.3, -0.25) is 19.3 Å². The number of aliphatic hydroxyl groups is 1. The van der Waals surface area contributed by atoms with Gasteiger partial charge in [-0.2, -0.15) is 0 Å². The summed E-state index contributed by atoms with van der Waals surface area (Å²) in [5, 5.41) is 11.5. The van der Waals surface area contributed by atoms with Gasteiger partial charge in [-0.15, -0.1) is 0 Å². The Morgan fingerprint density at radius 1 is 1.08 bits per heavy atom. The second-order valence-corrected chi connectivity index (χ2v) is 9.51. The molecule has 0 aliphatic carbocycles. The number of hydrogen-bond donors (Lipinski definition) is 1. The van der Waals surface area contributed by atoms with Crippen LogP contribution in [0.1, 0.15) is 47.2 Å². The maximum atomic E-state index is 13.5. The minimum Gasteiger partial charge on any atom is -0.507 e. The van der Waals surface area contributed by atoms with Gasteiger partial charge in [-0.05, 0) is 73.7 Å². The number of hydrogen-bond acceptors (Lipinski definition) is 6. The van der Waals surface area contributed by atoms with E-state index < -0.39 is 17.7 Å². The number of benzene rings is 3. The van der Waals surface area contributed by atoms with Crippen molar-refractivity contribution in [2.45, 2.75) is 39.2 Å². The zero-order chi connectivity index (χ0) is 26.8. The topological polar surface area (TPSA) is 93.1 Å². The zero-order valence-corrected chi connectivity index (χ0v) is 21.4. The van der Waals surface area contributed by atoms with Gasteiger partial charge in [0.05, 0.1) is 31.2 Å². The van der Waals surface area contributed by atoms with Gasteiger partial charge in [-0.1, -0.05) is 42.0 Å². The van der Waals surface area contributed by atoms with Crippen LogP contribution in [0.3, 0.4) is 0 Å². The van der Waals surface area contributed by atoms with E-state index in [2.05, 4.69) is 0 Å². The number of fused-ring (bicyclic) bond motifs is 1. The van der Waals surface area contributed by atoms with Gasteiger partial charge >= 0.3 is 5.97 Å². The Kier molecular flexibility index (Phi) is 7.01. The molecule has 7 nitrogen and oxygen atoms in total. The Morgan fingerprint density at radius 2 is 1.87 bits per heavy atom. The highest BCUT2D eigenvalue weighted by Crippen LogP contribution is 2.43. The van der Waals surface area contributed by atoms with Gasteiger partial charge in [0.1, 0.15) is 11.5 Å². The molecule has 1 atom stereocenters. The van der Waals surface area contributed by atoms with E-state index in [1.807, 2.05) is 37.3 Å². The SMILES string of the molecule is CCOC(=O)Cc1ccc(N2C(=O)C(=O)/C(=C(\O)c3ccc4c(c3)CCCO4)C2c2cccc(C)c2)cc1. The summed E-state index contributed by atoms with van der Waals surface area (Å²) < 4.78 is 10.7. The predicted molar refractivity (Wildman–Crippen MR) is 143 cm³/mol. The first-order chi connectivity index (χ1) is 18.4. The molecular weight excluding hydrogens is 482 g/mol. The minimum absolute atomic E-state index is 0.0351. The lowest BCUT2D eigenvalue weighted by molar-refractivity contribution is -0.142. The van der Waals surface area contributed by atoms with Crippen molar-refractivity contribution in [3.05, 3.63) is 100 Å². The van der Waals surface area contributed by atoms with E-state index >= 15 is 0 Å². The average Bonchev–Trinajstić information content (AvgIpc) is 3.18. The highest BCUT2D eigenvalue weighted by molar-refractivity contribution is 6.51. The second-order valence-electron chi connectivity index (χ2n) is 9.51. The van der Waals surface area contributed by atoms with E-state index in [-0.39, 0.29) is 23.7 Å². The maximum Gasteiger partial charge on any atom is 0.310 e. The summed E-state index contributed by atoms with van der Waals surface area (Å²) in [6.07, 6.45) is 1.79. The van der Waals surface area contributed by atoms with Crippen LogP contribution in [0.4, 0.5) is 5.69 Å². The molecule has 0 bridgehead atoms. The molecule has 1 saturated heterocycles. The number of ether oxygens (including phenoxy) is 2. The molecule has 0 saturated carbocycles. The summed E-state index contributed by atoms with van der Waals surface area (Å²) in [5.74, 6) is -1.26. The number of aryl methyl sites for hydroxylation is 2. The highest BCUT2D eigenvalue weighted by Gasteiger charge is 2.47. The number of esters is 1. The van der Waals surface area contributed by atoms with E-state index in [0.29, 0.717) is 30.0 Å². The van der Waals surface area contributed by atoms with Crippen LogP contribution in [-0.2, 0) is 32.0 Å². The number of ketones is 1. The maximum absolute atomic E-state index is 13.5. The fourth-order valence-electron chi connectivity index (χ4n) is 5.07. The lowest BCUT2D eigenvalue weighted by Gasteiger charge is -2.26. The molecule has 3 aromatic rings. The number of anilines is 1. The van der Waals surface area contributed by atoms with E-state index in [9.17, 15) is 19.5 Å². The van der Waals surface area contributed by atoms with Gasteiger partial charge < -0.3 is 14.6 Å². The average molecular weight is 512 g/mol. The van der Waals surface area contributed by atoms with Crippen LogP contribution in [0.2, 0.25) is 0 Å². The lowest BCUT2D eigenvalue weighted by atomic mass is 9.93. The number of carbonyl (C=O) groups excluding carboxylic acids is 3. The number of amides is 1. The molecular formula is C31H29NO6. The van der Waals surface area contributed by atoms with Crippen LogP contribution in [0.15, 0.2) is 72.3 Å². The summed E-state index contributed by atoms with van der Waals surface area (Å²) in [4.78, 5) is 40.2. The molecule has 1 fully saturated rings. The normalized spacial score (nSPS) is 18.2. The van der Waals surface area contributed by atoms with Crippen molar-refractivity contribution < 1.29 is 29.0 Å². The molecule has 1 amide bonds. The largest absolute Gasteiger partial charge is 0.507 e. The Bertz CT molecular complexity index is 1440. The third-order valence-electron chi connectivity index (χ3n) is 6.85. The van der Waals surface area contributed by atoms with E-state index in [1.165, 1.54) is 4.90 Å². The number of carbonyl (C=O) groups is 3. The fourth-order valence-corrected chi connectivity index (χ4v) is 5.07. The van der Waals surface area contributed by atoms with E-state index in [0.717, 1.165) is 35.3 Å². The Balaban J connectivity index is 1.59. The van der Waals surface area contributed by atoms with Crippen LogP contribution >= 0.6 is 0 Å². The Hall–Kier alpha value is -4.39. The van der Waals surface area contributed by atoms with Crippen LogP contribution < -0.4 is 9.64 Å². The molecule has 7 heteroatoms. The molecule has 0 aromatic heterocycles. The van der Waals surface area contributed by atoms with Crippen LogP contribution in [0, 0.1) is 6.92 Å². The van der Waals surface area contributed by atoms with Crippen molar-refractivity contribution in [1.82, 2.24) is 0 Å². The van der Waals surface area contributed by atoms with Gasteiger partial charge in [0, 0.05) is 11.3 Å². The van der Waals surface area contributed by atoms with Gasteiger partial charge in [0.2, 0.25) is 0 Å². The summed E-state index contributed by atoms with van der Waals surface area (Å²) in [5.41, 5.74) is 4.35. The minimum atomic E-state index is -0.821. The second kappa shape index (κ2) is 10.5. The van der Waals surface area contributed by atoms with Gasteiger partial charge in [-0.25, -0.2) is 0 Å². The standard InChI is InChI=1S/C31H29NO6/c1-3-37-26(33)17-20-9-12-24(13-10-20)32-28(22-7-4-6-19(2)16-22)27(30(35)31(32)36)29(34)23-11-14-25-21(18-23)8-5-15-38-25/h4,6-7,9-14,16,18,28,34H,3,5,8,15,17H2,1-2H3/b29-27-. The zero-order valence-electron chi connectivity index (χ0n) is 21.4. The summed E-state index contributed by atoms with van der Waals surface area (Å²) in [7, 11) is 0. The predicted octanol–water partition coefficient (Wildman–Crippen LogP) is 5.05. The van der Waals surface area contributed by atoms with Crippen molar-refractivity contribution in [3.63, 3.8) is 0 Å². The molecule has 0 radical (unpaired) electrons. The number of rotatable bonds is 6. The Labute approximate surface area is 221 Å². The highest BCUT2D eigenvalue weighted by atomic mass is 16.5. The molecule has 38 heavy (non-hydrogen) atoms. The quantitative estimate of drug-likeness (QED) is 0.215. The van der Waals surface area contributed by atoms with Crippen LogP contribution in [0.5, 0.6) is 5.75 Å². The van der Waals surface area contributed by atoms with Gasteiger partial charge in [0.25, 0.3) is 11.7 Å². The molecule has 5 rings (SSSR count). The number of nitrogens with zero attached hydrogens (tertiary/aromatic N) is 1. The first kappa shape index (κ1) is 25.3. The van der Waals surface area contributed by atoms with Crippen LogP contribution in [0.25, 0.3) is 5.76 Å². The monoisotopic (exact) mass is 511 g/mol. The summed E-state index contributed by atoms with van der Waals surface area (Å²) in [6, 6.07) is 19.0. The molecule has 194 valence electrons. The van der Waals surface area contributed by atoms with Crippen molar-refractivity contribution in [2.24, 2.45) is 0 Å². The third kappa shape index (κ3) is 4.79. The molecule has 0 spiro atoms. The lowest BCUT2D eigenvalue weighted by Crippen LogP contribution is -2.29. The van der Waals surface area contributed by atoms with Gasteiger partial charge in [0.15, 0.2) is 0 Å². The first-order valence-corrected chi connectivity index (χ1v) is 12.8. The molecule has 3 aromatic carbocycles. The van der Waals surface area contributed by atoms with Crippen LogP contribution in [-0.4, -0.2) is 36.0 Å². The summed E-state index contributed by atoms with van der Waals surface area (Å²) in [6.45, 7) is 4.63. The summed E-state index contributed by atoms with van der Waals surface area (Å²) >= 11 is 0. The molecule has 1 N–H and O–H groups in total. The molecule has 2 heterocycles. The fraction of sp³-hybridized carbons (Fsp3) is 0.258. The van der Waals surface area contributed by atoms with E-state index in [1.54, 1.807) is 43.3 Å². The molecule has 2 aliphatic heterocycles. The molecule has 2 aliphatic rings. The molecule has 1 unspecified atom stereocenters. The number of aliphatic hydroxyl groups excluding tert-OH is 1. The van der Waals surface area contributed by atoms with Crippen molar-refractivity contribution >= 4 is 29.1 Å². The Morgan fingerprint density at radius 3 is 2.61 bits per heavy atom.